The van der Waals surface area contributed by atoms with Crippen molar-refractivity contribution in [2.45, 2.75) is 0 Å². The first-order valence-corrected chi connectivity index (χ1v) is 11.1. The van der Waals surface area contributed by atoms with Gasteiger partial charge >= 0.3 is 0 Å². The molecular formula is C25H21N5O3S. The minimum absolute atomic E-state index is 0.0266. The quantitative estimate of drug-likeness (QED) is 0.164. The van der Waals surface area contributed by atoms with Crippen molar-refractivity contribution in [3.8, 4) is 22.8 Å². The molecule has 3 aromatic carbocycles. The van der Waals surface area contributed by atoms with Crippen LogP contribution in [0.25, 0.3) is 11.3 Å². The molecule has 0 saturated carbocycles. The number of anilines is 2. The molecule has 9 heteroatoms. The molecule has 0 bridgehead atoms. The maximum absolute atomic E-state index is 13.1. The number of aromatic nitrogens is 1. The fourth-order valence-corrected chi connectivity index (χ4v) is 3.74. The molecule has 8 nitrogen and oxygen atoms in total. The summed E-state index contributed by atoms with van der Waals surface area (Å²) in [5.74, 6) is 0.110. The lowest BCUT2D eigenvalue weighted by Gasteiger charge is -2.10. The third kappa shape index (κ3) is 5.28. The molecule has 0 radical (unpaired) electrons. The Labute approximate surface area is 200 Å². The SMILES string of the molecule is COc1ccc(-c2csc(NC(=O)/C(=N/Nc3ccccc3O)C(=N)c3ccccc3)n2)cc1. The molecule has 34 heavy (non-hydrogen) atoms. The predicted octanol–water partition coefficient (Wildman–Crippen LogP) is 5.00. The van der Waals surface area contributed by atoms with Crippen LogP contribution in [0.15, 0.2) is 89.3 Å². The van der Waals surface area contributed by atoms with Crippen LogP contribution >= 0.6 is 11.3 Å². The number of nitrogens with one attached hydrogen (secondary N) is 3. The van der Waals surface area contributed by atoms with Crippen LogP contribution in [0.5, 0.6) is 11.5 Å². The Morgan fingerprint density at radius 3 is 2.44 bits per heavy atom. The first-order valence-electron chi connectivity index (χ1n) is 10.2. The number of ether oxygens (including phenoxy) is 1. The van der Waals surface area contributed by atoms with Crippen LogP contribution in [-0.4, -0.2) is 34.5 Å². The number of rotatable bonds is 8. The molecule has 4 N–H and O–H groups in total. The van der Waals surface area contributed by atoms with E-state index in [4.69, 9.17) is 10.1 Å². The number of phenolic OH excluding ortho intramolecular Hbond substituents is 1. The molecule has 0 aliphatic rings. The van der Waals surface area contributed by atoms with Crippen LogP contribution in [0.1, 0.15) is 5.56 Å². The van der Waals surface area contributed by atoms with Crippen LogP contribution in [0.2, 0.25) is 0 Å². The number of phenols is 1. The summed E-state index contributed by atoms with van der Waals surface area (Å²) >= 11 is 1.26. The highest BCUT2D eigenvalue weighted by Crippen LogP contribution is 2.27. The van der Waals surface area contributed by atoms with Crippen LogP contribution in [0, 0.1) is 5.41 Å². The summed E-state index contributed by atoms with van der Waals surface area (Å²) in [6.07, 6.45) is 0. The van der Waals surface area contributed by atoms with Crippen LogP contribution < -0.4 is 15.5 Å². The third-order valence-corrected chi connectivity index (χ3v) is 5.57. The van der Waals surface area contributed by atoms with Gasteiger partial charge in [-0.1, -0.05) is 42.5 Å². The lowest BCUT2D eigenvalue weighted by atomic mass is 10.1. The topological polar surface area (TPSA) is 120 Å². The van der Waals surface area contributed by atoms with Gasteiger partial charge in [0.2, 0.25) is 0 Å². The van der Waals surface area contributed by atoms with E-state index < -0.39 is 5.91 Å². The number of thiazole rings is 1. The smallest absolute Gasteiger partial charge is 0.280 e. The van der Waals surface area contributed by atoms with Crippen molar-refractivity contribution >= 4 is 39.5 Å². The molecule has 1 amide bonds. The molecule has 0 spiro atoms. The zero-order chi connectivity index (χ0) is 23.9. The van der Waals surface area contributed by atoms with Gasteiger partial charge in [-0.2, -0.15) is 5.10 Å². The molecule has 0 unspecified atom stereocenters. The first kappa shape index (κ1) is 22.7. The lowest BCUT2D eigenvalue weighted by Crippen LogP contribution is -2.31. The van der Waals surface area contributed by atoms with E-state index in [1.165, 1.54) is 17.4 Å². The number of hydrogen-bond acceptors (Lipinski definition) is 8. The summed E-state index contributed by atoms with van der Waals surface area (Å²) in [7, 11) is 1.60. The van der Waals surface area contributed by atoms with Crippen molar-refractivity contribution in [1.29, 1.82) is 5.41 Å². The summed E-state index contributed by atoms with van der Waals surface area (Å²) < 4.78 is 5.18. The molecular weight excluding hydrogens is 450 g/mol. The maximum Gasteiger partial charge on any atom is 0.280 e. The number of nitrogens with zero attached hydrogens (tertiary/aromatic N) is 2. The lowest BCUT2D eigenvalue weighted by molar-refractivity contribution is -0.110. The monoisotopic (exact) mass is 471 g/mol. The van der Waals surface area contributed by atoms with Crippen molar-refractivity contribution in [1.82, 2.24) is 4.98 Å². The minimum Gasteiger partial charge on any atom is -0.506 e. The van der Waals surface area contributed by atoms with Gasteiger partial charge in [0.25, 0.3) is 5.91 Å². The van der Waals surface area contributed by atoms with Gasteiger partial charge in [-0.25, -0.2) is 4.98 Å². The average Bonchev–Trinajstić information content (AvgIpc) is 3.34. The van der Waals surface area contributed by atoms with Gasteiger partial charge in [-0.3, -0.25) is 20.9 Å². The molecule has 0 fully saturated rings. The van der Waals surface area contributed by atoms with E-state index in [0.717, 1.165) is 11.3 Å². The Bertz CT molecular complexity index is 1330. The van der Waals surface area contributed by atoms with Crippen molar-refractivity contribution in [3.05, 3.63) is 89.8 Å². The predicted molar refractivity (Wildman–Crippen MR) is 135 cm³/mol. The van der Waals surface area contributed by atoms with E-state index in [0.29, 0.717) is 22.1 Å². The minimum atomic E-state index is -0.604. The fraction of sp³-hybridized carbons (Fsp3) is 0.0400. The maximum atomic E-state index is 13.1. The van der Waals surface area contributed by atoms with Crippen LogP contribution in [0.3, 0.4) is 0 Å². The Morgan fingerprint density at radius 2 is 1.74 bits per heavy atom. The van der Waals surface area contributed by atoms with Gasteiger partial charge in [0.1, 0.15) is 11.5 Å². The van der Waals surface area contributed by atoms with Crippen molar-refractivity contribution < 1.29 is 14.6 Å². The van der Waals surface area contributed by atoms with E-state index in [1.54, 1.807) is 49.6 Å². The van der Waals surface area contributed by atoms with E-state index >= 15 is 0 Å². The molecule has 1 heterocycles. The van der Waals surface area contributed by atoms with Crippen molar-refractivity contribution in [3.63, 3.8) is 0 Å². The number of carbonyl (C=O) groups is 1. The number of para-hydroxylation sites is 2. The van der Waals surface area contributed by atoms with Gasteiger partial charge in [-0.15, -0.1) is 11.3 Å². The summed E-state index contributed by atoms with van der Waals surface area (Å²) in [6, 6.07) is 22.8. The highest BCUT2D eigenvalue weighted by Gasteiger charge is 2.21. The Kier molecular flexibility index (Phi) is 6.95. The molecule has 0 aliphatic carbocycles. The standard InChI is InChI=1S/C25H21N5O3S/c1-33-18-13-11-16(12-14-18)20-15-34-25(27-20)28-24(32)23(22(26)17-7-3-2-4-8-17)30-29-19-9-5-6-10-21(19)31/h2-15,26,29,31H,1H3,(H,27,28,32)/b26-22?,30-23+. The number of hydrazone groups is 1. The Hall–Kier alpha value is -4.50. The molecule has 0 aliphatic heterocycles. The number of hydrogen-bond donors (Lipinski definition) is 4. The summed E-state index contributed by atoms with van der Waals surface area (Å²) in [5.41, 5.74) is 4.86. The van der Waals surface area contributed by atoms with Gasteiger partial charge in [-0.05, 0) is 36.4 Å². The largest absolute Gasteiger partial charge is 0.506 e. The molecule has 170 valence electrons. The number of aromatic hydroxyl groups is 1. The first-order chi connectivity index (χ1) is 16.5. The highest BCUT2D eigenvalue weighted by atomic mass is 32.1. The van der Waals surface area contributed by atoms with Crippen LogP contribution in [-0.2, 0) is 4.79 Å². The van der Waals surface area contributed by atoms with Gasteiger partial charge in [0.15, 0.2) is 10.8 Å². The summed E-state index contributed by atoms with van der Waals surface area (Å²) in [6.45, 7) is 0. The Balaban J connectivity index is 1.58. The van der Waals surface area contributed by atoms with Gasteiger partial charge < -0.3 is 9.84 Å². The molecule has 4 rings (SSSR count). The molecule has 1 aromatic heterocycles. The summed E-state index contributed by atoms with van der Waals surface area (Å²) in [5, 5.41) is 27.6. The molecule has 4 aromatic rings. The third-order valence-electron chi connectivity index (χ3n) is 4.82. The fourth-order valence-electron chi connectivity index (χ4n) is 3.03. The Morgan fingerprint density at radius 1 is 1.03 bits per heavy atom. The number of carbonyl (C=O) groups excluding carboxylic acids is 1. The second-order valence-corrected chi connectivity index (χ2v) is 7.91. The molecule has 0 atom stereocenters. The molecule has 0 saturated heterocycles. The highest BCUT2D eigenvalue weighted by molar-refractivity contribution is 7.14. The number of methoxy groups -OCH3 is 1. The van der Waals surface area contributed by atoms with Gasteiger partial charge in [0.05, 0.1) is 24.2 Å². The van der Waals surface area contributed by atoms with E-state index in [-0.39, 0.29) is 17.2 Å². The second-order valence-electron chi connectivity index (χ2n) is 7.05. The van der Waals surface area contributed by atoms with E-state index in [9.17, 15) is 9.90 Å². The van der Waals surface area contributed by atoms with E-state index in [2.05, 4.69) is 20.8 Å². The second kappa shape index (κ2) is 10.4. The normalized spacial score (nSPS) is 11.0. The zero-order valence-corrected chi connectivity index (χ0v) is 19.0. The van der Waals surface area contributed by atoms with E-state index in [1.807, 2.05) is 35.7 Å². The average molecular weight is 472 g/mol. The van der Waals surface area contributed by atoms with Gasteiger partial charge in [0, 0.05) is 16.5 Å². The summed E-state index contributed by atoms with van der Waals surface area (Å²) in [4.78, 5) is 17.6. The number of amides is 1. The van der Waals surface area contributed by atoms with Crippen LogP contribution in [0.4, 0.5) is 10.8 Å². The van der Waals surface area contributed by atoms with Crippen molar-refractivity contribution in [2.75, 3.05) is 17.9 Å². The number of benzene rings is 3. The zero-order valence-electron chi connectivity index (χ0n) is 18.1. The van der Waals surface area contributed by atoms with Crippen molar-refractivity contribution in [2.24, 2.45) is 5.10 Å².